The minimum absolute atomic E-state index is 0.220. The zero-order chi connectivity index (χ0) is 19.8. The molecule has 0 atom stereocenters. The van der Waals surface area contributed by atoms with Gasteiger partial charge in [-0.3, -0.25) is 14.6 Å². The van der Waals surface area contributed by atoms with E-state index in [1.54, 1.807) is 73.1 Å². The molecule has 1 aromatic heterocycles. The van der Waals surface area contributed by atoms with Crippen LogP contribution in [0, 0.1) is 0 Å². The van der Waals surface area contributed by atoms with Crippen molar-refractivity contribution in [2.24, 2.45) is 0 Å². The maximum atomic E-state index is 12.2. The second-order valence-electron chi connectivity index (χ2n) is 5.83. The van der Waals surface area contributed by atoms with E-state index in [2.05, 4.69) is 15.6 Å². The molecule has 0 aliphatic heterocycles. The Labute approximate surface area is 167 Å². The number of rotatable bonds is 7. The number of nitrogens with one attached hydrogen (secondary N) is 2. The molecule has 2 N–H and O–H groups in total. The number of carbonyl (C=O) groups is 2. The average Bonchev–Trinajstić information content (AvgIpc) is 2.72. The third-order valence-corrected chi connectivity index (χ3v) is 4.04. The molecule has 6 nitrogen and oxygen atoms in total. The van der Waals surface area contributed by atoms with Crippen LogP contribution in [0.5, 0.6) is 11.5 Å². The fourth-order valence-electron chi connectivity index (χ4n) is 2.38. The first-order chi connectivity index (χ1) is 13.6. The summed E-state index contributed by atoms with van der Waals surface area (Å²) in [4.78, 5) is 28.1. The highest BCUT2D eigenvalue weighted by Crippen LogP contribution is 2.20. The lowest BCUT2D eigenvalue weighted by molar-refractivity contribution is 0.0927. The van der Waals surface area contributed by atoms with Gasteiger partial charge in [-0.25, -0.2) is 0 Å². The van der Waals surface area contributed by atoms with Gasteiger partial charge in [0.1, 0.15) is 11.5 Å². The van der Waals surface area contributed by atoms with Crippen molar-refractivity contribution in [3.05, 3.63) is 89.2 Å². The molecule has 28 heavy (non-hydrogen) atoms. The molecule has 0 saturated heterocycles. The first kappa shape index (κ1) is 19.4. The molecule has 0 fully saturated rings. The molecule has 0 aliphatic rings. The van der Waals surface area contributed by atoms with Crippen molar-refractivity contribution >= 4 is 23.4 Å². The zero-order valence-corrected chi connectivity index (χ0v) is 15.6. The summed E-state index contributed by atoms with van der Waals surface area (Å²) in [5.41, 5.74) is 1.02. The van der Waals surface area contributed by atoms with Crippen molar-refractivity contribution in [1.82, 2.24) is 15.6 Å². The van der Waals surface area contributed by atoms with Gasteiger partial charge in [-0.2, -0.15) is 0 Å². The minimum Gasteiger partial charge on any atom is -0.456 e. The first-order valence-electron chi connectivity index (χ1n) is 8.62. The number of aromatic nitrogens is 1. The van der Waals surface area contributed by atoms with Gasteiger partial charge in [-0.15, -0.1) is 0 Å². The number of halogens is 1. The van der Waals surface area contributed by atoms with Crippen LogP contribution in [0.2, 0.25) is 5.02 Å². The van der Waals surface area contributed by atoms with Gasteiger partial charge in [-0.1, -0.05) is 11.6 Å². The van der Waals surface area contributed by atoms with Gasteiger partial charge in [0.15, 0.2) is 0 Å². The van der Waals surface area contributed by atoms with E-state index in [-0.39, 0.29) is 11.8 Å². The van der Waals surface area contributed by atoms with Crippen LogP contribution in [0.15, 0.2) is 73.1 Å². The lowest BCUT2D eigenvalue weighted by Crippen LogP contribution is -2.34. The van der Waals surface area contributed by atoms with Crippen LogP contribution >= 0.6 is 11.6 Å². The van der Waals surface area contributed by atoms with Crippen LogP contribution in [-0.2, 0) is 0 Å². The Hall–Kier alpha value is -3.38. The summed E-state index contributed by atoms with van der Waals surface area (Å²) in [7, 11) is 0. The highest BCUT2D eigenvalue weighted by Gasteiger charge is 2.07. The van der Waals surface area contributed by atoms with Gasteiger partial charge in [0.25, 0.3) is 11.8 Å². The topological polar surface area (TPSA) is 80.3 Å². The number of ether oxygens (including phenoxy) is 1. The number of nitrogens with zero attached hydrogens (tertiary/aromatic N) is 1. The minimum atomic E-state index is -0.228. The highest BCUT2D eigenvalue weighted by atomic mass is 35.5. The SMILES string of the molecule is O=C(NCCNC(=O)c1ccc(Oc2cccnc2)cc1)c1ccc(Cl)cc1. The summed E-state index contributed by atoms with van der Waals surface area (Å²) in [5, 5.41) is 6.07. The molecule has 0 radical (unpaired) electrons. The maximum absolute atomic E-state index is 12.2. The molecule has 0 unspecified atom stereocenters. The maximum Gasteiger partial charge on any atom is 0.251 e. The molecule has 1 heterocycles. The molecule has 2 amide bonds. The van der Waals surface area contributed by atoms with Gasteiger partial charge in [0.2, 0.25) is 0 Å². The Kier molecular flexibility index (Phi) is 6.59. The summed E-state index contributed by atoms with van der Waals surface area (Å²) in [5.74, 6) is 0.785. The van der Waals surface area contributed by atoms with Crippen LogP contribution in [0.1, 0.15) is 20.7 Å². The molecule has 0 bridgehead atoms. The second kappa shape index (κ2) is 9.53. The first-order valence-corrected chi connectivity index (χ1v) is 8.99. The van der Waals surface area contributed by atoms with E-state index in [9.17, 15) is 9.59 Å². The highest BCUT2D eigenvalue weighted by molar-refractivity contribution is 6.30. The zero-order valence-electron chi connectivity index (χ0n) is 14.9. The molecule has 3 aromatic rings. The monoisotopic (exact) mass is 395 g/mol. The van der Waals surface area contributed by atoms with Crippen molar-refractivity contribution in [2.75, 3.05) is 13.1 Å². The number of carbonyl (C=O) groups excluding carboxylic acids is 2. The normalized spacial score (nSPS) is 10.2. The number of amides is 2. The van der Waals surface area contributed by atoms with Crippen LogP contribution in [0.4, 0.5) is 0 Å². The Morgan fingerprint density at radius 1 is 0.821 bits per heavy atom. The fourth-order valence-corrected chi connectivity index (χ4v) is 2.50. The lowest BCUT2D eigenvalue weighted by Gasteiger charge is -2.08. The molecule has 0 saturated carbocycles. The molecule has 0 spiro atoms. The average molecular weight is 396 g/mol. The molecule has 7 heteroatoms. The summed E-state index contributed by atoms with van der Waals surface area (Å²) in [6, 6.07) is 16.9. The van der Waals surface area contributed by atoms with Gasteiger partial charge >= 0.3 is 0 Å². The Morgan fingerprint density at radius 2 is 1.39 bits per heavy atom. The van der Waals surface area contributed by atoms with Gasteiger partial charge in [0, 0.05) is 35.4 Å². The predicted octanol–water partition coefficient (Wildman–Crippen LogP) is 3.69. The van der Waals surface area contributed by atoms with E-state index >= 15 is 0 Å². The molecule has 3 rings (SSSR count). The second-order valence-corrected chi connectivity index (χ2v) is 6.27. The van der Waals surface area contributed by atoms with Crippen molar-refractivity contribution in [1.29, 1.82) is 0 Å². The van der Waals surface area contributed by atoms with E-state index in [0.717, 1.165) is 0 Å². The summed E-state index contributed by atoms with van der Waals surface area (Å²) >= 11 is 5.80. The van der Waals surface area contributed by atoms with Crippen molar-refractivity contribution < 1.29 is 14.3 Å². The standard InChI is InChI=1S/C21H18ClN3O3/c22-17-7-3-15(4-8-17)20(26)24-12-13-25-21(27)16-5-9-18(10-6-16)28-19-2-1-11-23-14-19/h1-11,14H,12-13H2,(H,24,26)(H,25,27). The van der Waals surface area contributed by atoms with E-state index in [4.69, 9.17) is 16.3 Å². The number of benzene rings is 2. The van der Waals surface area contributed by atoms with E-state index < -0.39 is 0 Å². The van der Waals surface area contributed by atoms with Gasteiger partial charge in [0.05, 0.1) is 6.20 Å². The molecule has 0 aliphatic carbocycles. The lowest BCUT2D eigenvalue weighted by atomic mass is 10.2. The smallest absolute Gasteiger partial charge is 0.251 e. The van der Waals surface area contributed by atoms with Gasteiger partial charge in [-0.05, 0) is 60.7 Å². The van der Waals surface area contributed by atoms with E-state index in [0.29, 0.717) is 40.7 Å². The predicted molar refractivity (Wildman–Crippen MR) is 107 cm³/mol. The van der Waals surface area contributed by atoms with E-state index in [1.165, 1.54) is 0 Å². The molecule has 142 valence electrons. The van der Waals surface area contributed by atoms with Gasteiger partial charge < -0.3 is 15.4 Å². The summed E-state index contributed by atoms with van der Waals surface area (Å²) < 4.78 is 5.64. The van der Waals surface area contributed by atoms with Crippen molar-refractivity contribution in [3.8, 4) is 11.5 Å². The molecule has 2 aromatic carbocycles. The summed E-state index contributed by atoms with van der Waals surface area (Å²) in [6.45, 7) is 0.626. The van der Waals surface area contributed by atoms with Crippen molar-refractivity contribution in [2.45, 2.75) is 0 Å². The molecular weight excluding hydrogens is 378 g/mol. The Bertz CT molecular complexity index is 929. The van der Waals surface area contributed by atoms with Crippen LogP contribution in [0.3, 0.4) is 0 Å². The quantitative estimate of drug-likeness (QED) is 0.598. The number of pyridine rings is 1. The van der Waals surface area contributed by atoms with E-state index in [1.807, 2.05) is 0 Å². The third kappa shape index (κ3) is 5.56. The van der Waals surface area contributed by atoms with Crippen molar-refractivity contribution in [3.63, 3.8) is 0 Å². The Morgan fingerprint density at radius 3 is 1.93 bits per heavy atom. The third-order valence-electron chi connectivity index (χ3n) is 3.79. The van der Waals surface area contributed by atoms with Crippen LogP contribution < -0.4 is 15.4 Å². The van der Waals surface area contributed by atoms with Crippen LogP contribution in [0.25, 0.3) is 0 Å². The molecular formula is C21H18ClN3O3. The fraction of sp³-hybridized carbons (Fsp3) is 0.0952. The Balaban J connectivity index is 1.43. The number of hydrogen-bond donors (Lipinski definition) is 2. The number of hydrogen-bond acceptors (Lipinski definition) is 4. The van der Waals surface area contributed by atoms with Crippen LogP contribution in [-0.4, -0.2) is 29.9 Å². The summed E-state index contributed by atoms with van der Waals surface area (Å²) in [6.07, 6.45) is 3.27. The largest absolute Gasteiger partial charge is 0.456 e.